The normalized spacial score (nSPS) is 34.7. The summed E-state index contributed by atoms with van der Waals surface area (Å²) < 4.78 is 0. The Morgan fingerprint density at radius 1 is 1.89 bits per heavy atom. The Bertz CT molecular complexity index is 137. The van der Waals surface area contributed by atoms with Gasteiger partial charge in [-0.3, -0.25) is 4.79 Å². The van der Waals surface area contributed by atoms with E-state index in [0.717, 1.165) is 0 Å². The fraction of sp³-hybridized carbons (Fsp3) is 0.800. The first-order valence-corrected chi connectivity index (χ1v) is 2.90. The van der Waals surface area contributed by atoms with Gasteiger partial charge in [0, 0.05) is 19.5 Å². The summed E-state index contributed by atoms with van der Waals surface area (Å²) in [4.78, 5) is 10.7. The first-order valence-electron chi connectivity index (χ1n) is 2.90. The van der Waals surface area contributed by atoms with Gasteiger partial charge in [0.15, 0.2) is 5.60 Å². The quantitative estimate of drug-likeness (QED) is 0.392. The molecule has 4 heteroatoms. The second-order valence-corrected chi connectivity index (χ2v) is 2.24. The van der Waals surface area contributed by atoms with Crippen molar-refractivity contribution >= 4 is 5.91 Å². The first kappa shape index (κ1) is 6.51. The van der Waals surface area contributed by atoms with Crippen molar-refractivity contribution in [1.29, 1.82) is 0 Å². The molecule has 1 rings (SSSR count). The zero-order chi connectivity index (χ0) is 6.91. The Morgan fingerprint density at radius 2 is 2.56 bits per heavy atom. The minimum absolute atomic E-state index is 0.0127. The smallest absolute Gasteiger partial charge is 0.253 e. The molecule has 0 aromatic rings. The minimum atomic E-state index is -1.28. The number of nitrogens with two attached hydrogens (primary N) is 1. The van der Waals surface area contributed by atoms with Gasteiger partial charge in [-0.25, -0.2) is 0 Å². The molecule has 1 fully saturated rings. The molecule has 9 heavy (non-hydrogen) atoms. The van der Waals surface area contributed by atoms with E-state index in [0.29, 0.717) is 13.0 Å². The molecule has 1 aliphatic rings. The number of nitrogens with one attached hydrogen (secondary N) is 1. The third-order valence-corrected chi connectivity index (χ3v) is 1.58. The van der Waals surface area contributed by atoms with Crippen molar-refractivity contribution in [2.24, 2.45) is 5.73 Å². The van der Waals surface area contributed by atoms with Crippen LogP contribution < -0.4 is 11.1 Å². The molecule has 0 spiro atoms. The van der Waals surface area contributed by atoms with Crippen LogP contribution >= 0.6 is 0 Å². The van der Waals surface area contributed by atoms with Crippen LogP contribution in [0.5, 0.6) is 0 Å². The Kier molecular flexibility index (Phi) is 1.42. The zero-order valence-electron chi connectivity index (χ0n) is 5.05. The summed E-state index contributed by atoms with van der Waals surface area (Å²) in [6.07, 6.45) is 0.433. The summed E-state index contributed by atoms with van der Waals surface area (Å²) in [6, 6.07) is 0. The average Bonchev–Trinajstić information content (AvgIpc) is 2.15. The van der Waals surface area contributed by atoms with Gasteiger partial charge in [-0.15, -0.1) is 0 Å². The lowest BCUT2D eigenvalue weighted by Crippen LogP contribution is -2.44. The van der Waals surface area contributed by atoms with Crippen molar-refractivity contribution in [1.82, 2.24) is 5.32 Å². The van der Waals surface area contributed by atoms with Crippen molar-refractivity contribution < 1.29 is 9.90 Å². The van der Waals surface area contributed by atoms with Gasteiger partial charge in [0.25, 0.3) is 5.91 Å². The predicted octanol–water partition coefficient (Wildman–Crippen LogP) is -1.80. The Morgan fingerprint density at radius 3 is 2.78 bits per heavy atom. The van der Waals surface area contributed by atoms with Crippen LogP contribution in [-0.4, -0.2) is 29.7 Å². The summed E-state index contributed by atoms with van der Waals surface area (Å²) in [7, 11) is 0. The number of aliphatic hydroxyl groups is 1. The molecular formula is C5H10N2O2. The van der Waals surface area contributed by atoms with E-state index < -0.39 is 5.60 Å². The van der Waals surface area contributed by atoms with Gasteiger partial charge in [0.1, 0.15) is 0 Å². The number of rotatable bonds is 1. The van der Waals surface area contributed by atoms with Crippen molar-refractivity contribution in [3.8, 4) is 0 Å². The third-order valence-electron chi connectivity index (χ3n) is 1.58. The SMILES string of the molecule is NCC1(O)CCNC1=O. The summed E-state index contributed by atoms with van der Waals surface area (Å²) >= 11 is 0. The van der Waals surface area contributed by atoms with Crippen molar-refractivity contribution in [3.05, 3.63) is 0 Å². The number of carbonyl (C=O) groups is 1. The van der Waals surface area contributed by atoms with Gasteiger partial charge in [-0.05, 0) is 0 Å². The molecule has 0 aromatic heterocycles. The molecule has 1 aliphatic heterocycles. The highest BCUT2D eigenvalue weighted by molar-refractivity contribution is 5.87. The minimum Gasteiger partial charge on any atom is -0.379 e. The largest absolute Gasteiger partial charge is 0.379 e. The van der Waals surface area contributed by atoms with Gasteiger partial charge in [0.2, 0.25) is 0 Å². The van der Waals surface area contributed by atoms with E-state index in [-0.39, 0.29) is 12.5 Å². The standard InChI is InChI=1S/C5H10N2O2/c6-3-5(9)1-2-7-4(5)8/h9H,1-3,6H2,(H,7,8). The summed E-state index contributed by atoms with van der Waals surface area (Å²) in [5, 5.41) is 11.7. The fourth-order valence-corrected chi connectivity index (χ4v) is 0.856. The topological polar surface area (TPSA) is 75.3 Å². The Labute approximate surface area is 53.0 Å². The van der Waals surface area contributed by atoms with Gasteiger partial charge >= 0.3 is 0 Å². The van der Waals surface area contributed by atoms with E-state index in [2.05, 4.69) is 5.32 Å². The Balaban J connectivity index is 2.67. The van der Waals surface area contributed by atoms with Crippen LogP contribution in [0.2, 0.25) is 0 Å². The van der Waals surface area contributed by atoms with E-state index in [9.17, 15) is 9.90 Å². The summed E-state index contributed by atoms with van der Waals surface area (Å²) in [6.45, 7) is 0.547. The number of hydrogen-bond donors (Lipinski definition) is 3. The molecule has 0 aliphatic carbocycles. The molecule has 52 valence electrons. The predicted molar refractivity (Wildman–Crippen MR) is 31.6 cm³/mol. The maximum atomic E-state index is 10.7. The molecule has 0 bridgehead atoms. The monoisotopic (exact) mass is 130 g/mol. The van der Waals surface area contributed by atoms with Crippen LogP contribution in [0.4, 0.5) is 0 Å². The maximum absolute atomic E-state index is 10.7. The maximum Gasteiger partial charge on any atom is 0.253 e. The van der Waals surface area contributed by atoms with Gasteiger partial charge in [-0.1, -0.05) is 0 Å². The van der Waals surface area contributed by atoms with E-state index >= 15 is 0 Å². The van der Waals surface area contributed by atoms with Crippen LogP contribution in [0.3, 0.4) is 0 Å². The van der Waals surface area contributed by atoms with Crippen molar-refractivity contribution in [2.45, 2.75) is 12.0 Å². The molecule has 0 saturated carbocycles. The molecule has 1 heterocycles. The van der Waals surface area contributed by atoms with Crippen LogP contribution in [-0.2, 0) is 4.79 Å². The number of amides is 1. The lowest BCUT2D eigenvalue weighted by Gasteiger charge is -2.14. The summed E-state index contributed by atoms with van der Waals surface area (Å²) in [5.41, 5.74) is 3.87. The molecule has 4 nitrogen and oxygen atoms in total. The van der Waals surface area contributed by atoms with Crippen LogP contribution in [0.1, 0.15) is 6.42 Å². The van der Waals surface area contributed by atoms with E-state index in [1.807, 2.05) is 0 Å². The molecular weight excluding hydrogens is 120 g/mol. The lowest BCUT2D eigenvalue weighted by atomic mass is 10.0. The highest BCUT2D eigenvalue weighted by Crippen LogP contribution is 2.12. The molecule has 1 saturated heterocycles. The van der Waals surface area contributed by atoms with Crippen LogP contribution in [0.25, 0.3) is 0 Å². The van der Waals surface area contributed by atoms with E-state index in [1.165, 1.54) is 0 Å². The zero-order valence-corrected chi connectivity index (χ0v) is 5.05. The lowest BCUT2D eigenvalue weighted by molar-refractivity contribution is -0.134. The molecule has 1 amide bonds. The van der Waals surface area contributed by atoms with Crippen LogP contribution in [0.15, 0.2) is 0 Å². The molecule has 0 aromatic carbocycles. The average molecular weight is 130 g/mol. The van der Waals surface area contributed by atoms with Crippen LogP contribution in [0, 0.1) is 0 Å². The molecule has 4 N–H and O–H groups in total. The van der Waals surface area contributed by atoms with Gasteiger partial charge in [0.05, 0.1) is 0 Å². The summed E-state index contributed by atoms with van der Waals surface area (Å²) in [5.74, 6) is -0.343. The van der Waals surface area contributed by atoms with Gasteiger partial charge in [-0.2, -0.15) is 0 Å². The number of carbonyl (C=O) groups excluding carboxylic acids is 1. The van der Waals surface area contributed by atoms with Crippen molar-refractivity contribution in [3.63, 3.8) is 0 Å². The second-order valence-electron chi connectivity index (χ2n) is 2.24. The molecule has 1 unspecified atom stereocenters. The second kappa shape index (κ2) is 1.97. The third kappa shape index (κ3) is 0.906. The Hall–Kier alpha value is -0.610. The van der Waals surface area contributed by atoms with Crippen molar-refractivity contribution in [2.75, 3.05) is 13.1 Å². The fourth-order valence-electron chi connectivity index (χ4n) is 0.856. The highest BCUT2D eigenvalue weighted by Gasteiger charge is 2.38. The first-order chi connectivity index (χ1) is 4.19. The van der Waals surface area contributed by atoms with E-state index in [4.69, 9.17) is 5.73 Å². The molecule has 1 atom stereocenters. The molecule has 0 radical (unpaired) electrons. The number of hydrogen-bond acceptors (Lipinski definition) is 3. The highest BCUT2D eigenvalue weighted by atomic mass is 16.3. The van der Waals surface area contributed by atoms with E-state index in [1.54, 1.807) is 0 Å². The van der Waals surface area contributed by atoms with Gasteiger partial charge < -0.3 is 16.2 Å².